The van der Waals surface area contributed by atoms with Crippen LogP contribution in [0.15, 0.2) is 18.3 Å². The number of likely N-dealkylation sites (tertiary alicyclic amines) is 1. The van der Waals surface area contributed by atoms with Crippen LogP contribution in [0.2, 0.25) is 0 Å². The van der Waals surface area contributed by atoms with Crippen molar-refractivity contribution in [1.82, 2.24) is 9.88 Å². The number of methoxy groups -OCH3 is 1. The molecular weight excluding hydrogens is 278 g/mol. The lowest BCUT2D eigenvalue weighted by molar-refractivity contribution is -0.144. The molecule has 1 saturated heterocycles. The highest BCUT2D eigenvalue weighted by Crippen LogP contribution is 2.19. The monoisotopic (exact) mass is 293 g/mol. The van der Waals surface area contributed by atoms with Crippen LogP contribution < -0.4 is 5.32 Å². The molecule has 1 aromatic heterocycles. The van der Waals surface area contributed by atoms with E-state index in [0.29, 0.717) is 13.0 Å². The predicted molar refractivity (Wildman–Crippen MR) is 71.9 cm³/mol. The van der Waals surface area contributed by atoms with Crippen LogP contribution in [-0.2, 0) is 9.53 Å². The van der Waals surface area contributed by atoms with E-state index in [1.165, 1.54) is 30.3 Å². The lowest BCUT2D eigenvalue weighted by Crippen LogP contribution is -2.34. The van der Waals surface area contributed by atoms with Gasteiger partial charge in [0.05, 0.1) is 18.7 Å². The molecule has 2 heterocycles. The normalized spacial score (nSPS) is 17.4. The van der Waals surface area contributed by atoms with Gasteiger partial charge in [-0.2, -0.15) is 0 Å². The van der Waals surface area contributed by atoms with E-state index in [1.807, 2.05) is 0 Å². The van der Waals surface area contributed by atoms with Gasteiger partial charge in [0.25, 0.3) is 0 Å². The van der Waals surface area contributed by atoms with Crippen molar-refractivity contribution in [2.24, 2.45) is 5.92 Å². The summed E-state index contributed by atoms with van der Waals surface area (Å²) in [6, 6.07) is 2.53. The Bertz CT molecular complexity index is 575. The second-order valence-electron chi connectivity index (χ2n) is 4.59. The average molecular weight is 293 g/mol. The zero-order valence-corrected chi connectivity index (χ0v) is 11.4. The first kappa shape index (κ1) is 14.8. The van der Waals surface area contributed by atoms with Crippen LogP contribution in [0, 0.1) is 5.92 Å². The fourth-order valence-electron chi connectivity index (χ4n) is 2.17. The van der Waals surface area contributed by atoms with Crippen molar-refractivity contribution >= 4 is 23.7 Å². The summed E-state index contributed by atoms with van der Waals surface area (Å²) >= 11 is 0. The van der Waals surface area contributed by atoms with Gasteiger partial charge in [-0.15, -0.1) is 0 Å². The molecule has 1 aliphatic rings. The van der Waals surface area contributed by atoms with Crippen LogP contribution in [0.25, 0.3) is 0 Å². The van der Waals surface area contributed by atoms with Gasteiger partial charge in [-0.25, -0.2) is 14.6 Å². The molecule has 0 spiro atoms. The number of nitrogens with one attached hydrogen (secondary N) is 1. The Morgan fingerprint density at radius 1 is 1.48 bits per heavy atom. The van der Waals surface area contributed by atoms with Crippen molar-refractivity contribution in [3.8, 4) is 0 Å². The van der Waals surface area contributed by atoms with Crippen molar-refractivity contribution in [2.75, 3.05) is 25.5 Å². The highest BCUT2D eigenvalue weighted by molar-refractivity contribution is 5.98. The van der Waals surface area contributed by atoms with E-state index in [1.54, 1.807) is 0 Å². The Balaban J connectivity index is 2.03. The van der Waals surface area contributed by atoms with Gasteiger partial charge in [-0.05, 0) is 18.6 Å². The third kappa shape index (κ3) is 3.28. The topological polar surface area (TPSA) is 109 Å². The van der Waals surface area contributed by atoms with Crippen LogP contribution in [0.5, 0.6) is 0 Å². The molecule has 1 atom stereocenters. The Labute approximate surface area is 120 Å². The quantitative estimate of drug-likeness (QED) is 0.798. The standard InChI is InChI=1S/C13H15N3O5/c1-21-12(19)8-4-6-16(7-8)13(20)15-9-3-2-5-14-10(9)11(17)18/h2-3,5,8H,4,6-7H2,1H3,(H,15,20)(H,17,18). The largest absolute Gasteiger partial charge is 0.476 e. The molecular formula is C13H15N3O5. The summed E-state index contributed by atoms with van der Waals surface area (Å²) in [5, 5.41) is 11.5. The van der Waals surface area contributed by atoms with Gasteiger partial charge in [0.1, 0.15) is 0 Å². The van der Waals surface area contributed by atoms with Gasteiger partial charge in [0.2, 0.25) is 0 Å². The number of carbonyl (C=O) groups excluding carboxylic acids is 2. The van der Waals surface area contributed by atoms with Gasteiger partial charge in [-0.1, -0.05) is 0 Å². The van der Waals surface area contributed by atoms with Crippen LogP contribution in [0.4, 0.5) is 10.5 Å². The molecule has 0 bridgehead atoms. The molecule has 0 aromatic carbocycles. The molecule has 2 amide bonds. The molecule has 112 valence electrons. The summed E-state index contributed by atoms with van der Waals surface area (Å²) in [5.74, 6) is -1.91. The molecule has 1 fully saturated rings. The number of amides is 2. The number of hydrogen-bond acceptors (Lipinski definition) is 5. The lowest BCUT2D eigenvalue weighted by atomic mass is 10.1. The molecule has 8 nitrogen and oxygen atoms in total. The molecule has 0 aliphatic carbocycles. The lowest BCUT2D eigenvalue weighted by Gasteiger charge is -2.17. The highest BCUT2D eigenvalue weighted by Gasteiger charge is 2.32. The SMILES string of the molecule is COC(=O)C1CCN(C(=O)Nc2cccnc2C(=O)O)C1. The summed E-state index contributed by atoms with van der Waals surface area (Å²) in [4.78, 5) is 39.7. The maximum absolute atomic E-state index is 12.1. The molecule has 2 N–H and O–H groups in total. The van der Waals surface area contributed by atoms with Gasteiger partial charge >= 0.3 is 18.0 Å². The Kier molecular flexibility index (Phi) is 4.36. The summed E-state index contributed by atoms with van der Waals surface area (Å²) < 4.78 is 4.65. The minimum Gasteiger partial charge on any atom is -0.476 e. The van der Waals surface area contributed by atoms with Crippen molar-refractivity contribution in [1.29, 1.82) is 0 Å². The molecule has 2 rings (SSSR count). The number of carboxylic acid groups (broad SMARTS) is 1. The van der Waals surface area contributed by atoms with Gasteiger partial charge < -0.3 is 20.1 Å². The van der Waals surface area contributed by atoms with E-state index >= 15 is 0 Å². The van der Waals surface area contributed by atoms with E-state index in [9.17, 15) is 14.4 Å². The number of carbonyl (C=O) groups is 3. The summed E-state index contributed by atoms with van der Waals surface area (Å²) in [6.45, 7) is 0.662. The zero-order valence-electron chi connectivity index (χ0n) is 11.4. The first-order chi connectivity index (χ1) is 10.0. The molecule has 8 heteroatoms. The Morgan fingerprint density at radius 2 is 2.24 bits per heavy atom. The van der Waals surface area contributed by atoms with Crippen LogP contribution in [-0.4, -0.2) is 53.2 Å². The van der Waals surface area contributed by atoms with Crippen molar-refractivity contribution in [3.63, 3.8) is 0 Å². The maximum Gasteiger partial charge on any atom is 0.356 e. The summed E-state index contributed by atoms with van der Waals surface area (Å²) in [5.41, 5.74) is -0.105. The minimum absolute atomic E-state index is 0.122. The van der Waals surface area contributed by atoms with E-state index < -0.39 is 12.0 Å². The smallest absolute Gasteiger partial charge is 0.356 e. The van der Waals surface area contributed by atoms with Gasteiger partial charge in [-0.3, -0.25) is 4.79 Å². The number of ether oxygens (including phenoxy) is 1. The van der Waals surface area contributed by atoms with Crippen LogP contribution in [0.3, 0.4) is 0 Å². The number of pyridine rings is 1. The number of aromatic carboxylic acids is 1. The Hall–Kier alpha value is -2.64. The zero-order chi connectivity index (χ0) is 15.4. The Morgan fingerprint density at radius 3 is 2.90 bits per heavy atom. The van der Waals surface area contributed by atoms with Gasteiger partial charge in [0.15, 0.2) is 5.69 Å². The molecule has 0 radical (unpaired) electrons. The first-order valence-electron chi connectivity index (χ1n) is 6.35. The number of rotatable bonds is 3. The second-order valence-corrected chi connectivity index (χ2v) is 4.59. The molecule has 21 heavy (non-hydrogen) atoms. The average Bonchev–Trinajstić information content (AvgIpc) is 2.96. The number of anilines is 1. The number of carboxylic acids is 1. The third-order valence-electron chi connectivity index (χ3n) is 3.26. The summed E-state index contributed by atoms with van der Waals surface area (Å²) in [6.07, 6.45) is 1.86. The molecule has 1 aromatic rings. The molecule has 0 saturated carbocycles. The first-order valence-corrected chi connectivity index (χ1v) is 6.35. The summed E-state index contributed by atoms with van der Waals surface area (Å²) in [7, 11) is 1.31. The fourth-order valence-corrected chi connectivity index (χ4v) is 2.17. The number of esters is 1. The third-order valence-corrected chi connectivity index (χ3v) is 3.26. The van der Waals surface area contributed by atoms with Crippen LogP contribution >= 0.6 is 0 Å². The number of nitrogens with zero attached hydrogens (tertiary/aromatic N) is 2. The predicted octanol–water partition coefficient (Wildman–Crippen LogP) is 0.807. The highest BCUT2D eigenvalue weighted by atomic mass is 16.5. The number of hydrogen-bond donors (Lipinski definition) is 2. The fraction of sp³-hybridized carbons (Fsp3) is 0.385. The number of aromatic nitrogens is 1. The van der Waals surface area contributed by atoms with E-state index in [4.69, 9.17) is 5.11 Å². The van der Waals surface area contributed by atoms with Crippen molar-refractivity contribution < 1.29 is 24.2 Å². The van der Waals surface area contributed by atoms with E-state index in [2.05, 4.69) is 15.0 Å². The molecule has 1 aliphatic heterocycles. The van der Waals surface area contributed by atoms with Crippen molar-refractivity contribution in [2.45, 2.75) is 6.42 Å². The maximum atomic E-state index is 12.1. The minimum atomic E-state index is -1.22. The van der Waals surface area contributed by atoms with Gasteiger partial charge in [0, 0.05) is 19.3 Å². The van der Waals surface area contributed by atoms with Crippen molar-refractivity contribution in [3.05, 3.63) is 24.0 Å². The molecule has 1 unspecified atom stereocenters. The van der Waals surface area contributed by atoms with E-state index in [0.717, 1.165) is 0 Å². The number of urea groups is 1. The van der Waals surface area contributed by atoms with Crippen LogP contribution in [0.1, 0.15) is 16.9 Å². The second kappa shape index (κ2) is 6.21. The van der Waals surface area contributed by atoms with E-state index in [-0.39, 0.29) is 29.8 Å².